The molecule has 8 heteroatoms. The van der Waals surface area contributed by atoms with Crippen LogP contribution in [0.5, 0.6) is 0 Å². The van der Waals surface area contributed by atoms with Crippen molar-refractivity contribution >= 4 is 43.5 Å². The number of amides is 1. The van der Waals surface area contributed by atoms with Crippen LogP contribution in [-0.2, 0) is 21.2 Å². The van der Waals surface area contributed by atoms with Gasteiger partial charge in [-0.15, -0.1) is 0 Å². The number of rotatable bonds is 6. The standard InChI is InChI=1S/C20H22BrClN2O3S/c21-16-8-10-17(11-9-16)28(26,27)24-14-4-3-7-19(24)20(25)23-13-12-15-5-1-2-6-18(15)22/h1-2,5-6,8-11,19H,3-4,7,12-14H2,(H,23,25). The van der Waals surface area contributed by atoms with Gasteiger partial charge < -0.3 is 5.32 Å². The largest absolute Gasteiger partial charge is 0.354 e. The lowest BCUT2D eigenvalue weighted by molar-refractivity contribution is -0.125. The first-order valence-electron chi connectivity index (χ1n) is 9.18. The Hall–Kier alpha value is -1.41. The number of carbonyl (C=O) groups is 1. The lowest BCUT2D eigenvalue weighted by atomic mass is 10.0. The van der Waals surface area contributed by atoms with Crippen molar-refractivity contribution in [2.75, 3.05) is 13.1 Å². The zero-order valence-corrected chi connectivity index (χ0v) is 18.4. The van der Waals surface area contributed by atoms with Gasteiger partial charge in [0.15, 0.2) is 0 Å². The number of benzene rings is 2. The molecule has 2 aromatic carbocycles. The van der Waals surface area contributed by atoms with Gasteiger partial charge in [0.1, 0.15) is 6.04 Å². The van der Waals surface area contributed by atoms with Gasteiger partial charge in [0.25, 0.3) is 0 Å². The van der Waals surface area contributed by atoms with Gasteiger partial charge in [0.05, 0.1) is 4.90 Å². The van der Waals surface area contributed by atoms with Crippen molar-refractivity contribution in [3.8, 4) is 0 Å². The van der Waals surface area contributed by atoms with E-state index in [9.17, 15) is 13.2 Å². The Labute approximate surface area is 179 Å². The van der Waals surface area contributed by atoms with Crippen LogP contribution in [0.4, 0.5) is 0 Å². The summed E-state index contributed by atoms with van der Waals surface area (Å²) in [7, 11) is -3.73. The molecule has 1 atom stereocenters. The van der Waals surface area contributed by atoms with E-state index >= 15 is 0 Å². The first-order valence-corrected chi connectivity index (χ1v) is 11.8. The van der Waals surface area contributed by atoms with Crippen LogP contribution >= 0.6 is 27.5 Å². The maximum atomic E-state index is 13.1. The molecule has 1 N–H and O–H groups in total. The number of halogens is 2. The van der Waals surface area contributed by atoms with Gasteiger partial charge in [-0.3, -0.25) is 4.79 Å². The van der Waals surface area contributed by atoms with Gasteiger partial charge in [-0.25, -0.2) is 8.42 Å². The van der Waals surface area contributed by atoms with Gasteiger partial charge >= 0.3 is 0 Å². The lowest BCUT2D eigenvalue weighted by Crippen LogP contribution is -2.52. The molecule has 1 aliphatic rings. The summed E-state index contributed by atoms with van der Waals surface area (Å²) in [6.45, 7) is 0.756. The van der Waals surface area contributed by atoms with Crippen LogP contribution in [-0.4, -0.2) is 37.8 Å². The van der Waals surface area contributed by atoms with E-state index in [0.717, 1.165) is 22.9 Å². The Morgan fingerprint density at radius 2 is 1.86 bits per heavy atom. The number of sulfonamides is 1. The molecule has 0 radical (unpaired) electrons. The van der Waals surface area contributed by atoms with Crippen LogP contribution in [0.3, 0.4) is 0 Å². The quantitative estimate of drug-likeness (QED) is 0.672. The highest BCUT2D eigenvalue weighted by atomic mass is 79.9. The molecule has 1 saturated heterocycles. The van der Waals surface area contributed by atoms with Gasteiger partial charge in [0, 0.05) is 22.6 Å². The summed E-state index contributed by atoms with van der Waals surface area (Å²) in [5.74, 6) is -0.257. The van der Waals surface area contributed by atoms with Crippen molar-refractivity contribution in [1.82, 2.24) is 9.62 Å². The molecule has 5 nitrogen and oxygen atoms in total. The average molecular weight is 486 g/mol. The Balaban J connectivity index is 1.69. The van der Waals surface area contributed by atoms with E-state index in [4.69, 9.17) is 11.6 Å². The van der Waals surface area contributed by atoms with Crippen LogP contribution in [0.2, 0.25) is 5.02 Å². The van der Waals surface area contributed by atoms with Crippen LogP contribution in [0.25, 0.3) is 0 Å². The molecule has 0 bridgehead atoms. The highest BCUT2D eigenvalue weighted by Gasteiger charge is 2.37. The summed E-state index contributed by atoms with van der Waals surface area (Å²) in [6, 6.07) is 13.3. The maximum Gasteiger partial charge on any atom is 0.243 e. The molecule has 3 rings (SSSR count). The number of carbonyl (C=O) groups excluding carboxylic acids is 1. The van der Waals surface area contributed by atoms with Gasteiger partial charge in [-0.1, -0.05) is 52.2 Å². The number of nitrogens with one attached hydrogen (secondary N) is 1. The summed E-state index contributed by atoms with van der Waals surface area (Å²) in [6.07, 6.45) is 2.69. The van der Waals surface area contributed by atoms with E-state index in [2.05, 4.69) is 21.2 Å². The minimum absolute atomic E-state index is 0.200. The van der Waals surface area contributed by atoms with Crippen molar-refractivity contribution in [1.29, 1.82) is 0 Å². The molecule has 1 aliphatic heterocycles. The van der Waals surface area contributed by atoms with E-state index in [1.165, 1.54) is 4.31 Å². The molecule has 0 aromatic heterocycles. The van der Waals surface area contributed by atoms with Crippen molar-refractivity contribution in [2.45, 2.75) is 36.6 Å². The van der Waals surface area contributed by atoms with E-state index in [0.29, 0.717) is 31.0 Å². The minimum atomic E-state index is -3.73. The topological polar surface area (TPSA) is 66.5 Å². The van der Waals surface area contributed by atoms with E-state index in [1.807, 2.05) is 24.3 Å². The molecule has 2 aromatic rings. The molecule has 1 amide bonds. The van der Waals surface area contributed by atoms with Crippen LogP contribution in [0, 0.1) is 0 Å². The fourth-order valence-electron chi connectivity index (χ4n) is 3.34. The van der Waals surface area contributed by atoms with Crippen LogP contribution in [0.1, 0.15) is 24.8 Å². The summed E-state index contributed by atoms with van der Waals surface area (Å²) >= 11 is 9.46. The lowest BCUT2D eigenvalue weighted by Gasteiger charge is -2.33. The molecular formula is C20H22BrClN2O3S. The minimum Gasteiger partial charge on any atom is -0.354 e. The Morgan fingerprint density at radius 1 is 1.14 bits per heavy atom. The third-order valence-corrected chi connectivity index (χ3v) is 7.65. The van der Waals surface area contributed by atoms with E-state index in [1.54, 1.807) is 24.3 Å². The van der Waals surface area contributed by atoms with Crippen molar-refractivity contribution < 1.29 is 13.2 Å². The highest BCUT2D eigenvalue weighted by molar-refractivity contribution is 9.10. The smallest absolute Gasteiger partial charge is 0.243 e. The second-order valence-corrected chi connectivity index (χ2v) is 9.93. The predicted molar refractivity (Wildman–Crippen MR) is 114 cm³/mol. The molecular weight excluding hydrogens is 464 g/mol. The number of piperidine rings is 1. The number of nitrogens with zero attached hydrogens (tertiary/aromatic N) is 1. The summed E-state index contributed by atoms with van der Waals surface area (Å²) < 4.78 is 28.3. The molecule has 0 spiro atoms. The fourth-order valence-corrected chi connectivity index (χ4v) is 5.49. The SMILES string of the molecule is O=C(NCCc1ccccc1Cl)C1CCCCN1S(=O)(=O)c1ccc(Br)cc1. The molecule has 1 unspecified atom stereocenters. The van der Waals surface area contributed by atoms with Crippen molar-refractivity contribution in [3.05, 3.63) is 63.6 Å². The van der Waals surface area contributed by atoms with Crippen molar-refractivity contribution in [3.63, 3.8) is 0 Å². The zero-order chi connectivity index (χ0) is 20.1. The maximum absolute atomic E-state index is 13.1. The third kappa shape index (κ3) is 4.95. The first kappa shape index (κ1) is 21.3. The second-order valence-electron chi connectivity index (χ2n) is 6.71. The third-order valence-electron chi connectivity index (χ3n) is 4.83. The second kappa shape index (κ2) is 9.39. The summed E-state index contributed by atoms with van der Waals surface area (Å²) in [4.78, 5) is 13.0. The molecule has 0 saturated carbocycles. The van der Waals surface area contributed by atoms with Gasteiger partial charge in [-0.2, -0.15) is 4.31 Å². The number of hydrogen-bond donors (Lipinski definition) is 1. The van der Waals surface area contributed by atoms with Crippen molar-refractivity contribution in [2.24, 2.45) is 0 Å². The normalized spacial score (nSPS) is 18.0. The summed E-state index contributed by atoms with van der Waals surface area (Å²) in [5.41, 5.74) is 0.951. The Morgan fingerprint density at radius 3 is 2.57 bits per heavy atom. The molecule has 28 heavy (non-hydrogen) atoms. The predicted octanol–water partition coefficient (Wildman–Crippen LogP) is 4.00. The van der Waals surface area contributed by atoms with Gasteiger partial charge in [-0.05, 0) is 55.2 Å². The molecule has 150 valence electrons. The molecule has 0 aliphatic carbocycles. The van der Waals surface area contributed by atoms with Crippen LogP contribution in [0.15, 0.2) is 57.9 Å². The average Bonchev–Trinajstić information content (AvgIpc) is 2.69. The van der Waals surface area contributed by atoms with E-state index < -0.39 is 16.1 Å². The highest BCUT2D eigenvalue weighted by Crippen LogP contribution is 2.26. The van der Waals surface area contributed by atoms with E-state index in [-0.39, 0.29) is 10.8 Å². The molecule has 1 heterocycles. The summed E-state index contributed by atoms with van der Waals surface area (Å²) in [5, 5.41) is 3.54. The molecule has 1 fully saturated rings. The first-order chi connectivity index (χ1) is 13.4. The Kier molecular flexibility index (Phi) is 7.15. The van der Waals surface area contributed by atoms with Crippen LogP contribution < -0.4 is 5.32 Å². The zero-order valence-electron chi connectivity index (χ0n) is 15.3. The Bertz CT molecular complexity index is 935. The monoisotopic (exact) mass is 484 g/mol. The fraction of sp³-hybridized carbons (Fsp3) is 0.350. The number of hydrogen-bond acceptors (Lipinski definition) is 3. The van der Waals surface area contributed by atoms with Gasteiger partial charge in [0.2, 0.25) is 15.9 Å².